The average Bonchev–Trinajstić information content (AvgIpc) is 3.56. The van der Waals surface area contributed by atoms with Crippen LogP contribution >= 0.6 is 0 Å². The molecule has 30 heavy (non-hydrogen) atoms. The fourth-order valence-electron chi connectivity index (χ4n) is 5.81. The molecule has 2 aromatic carbocycles. The average molecular weight is 399 g/mol. The third-order valence-corrected chi connectivity index (χ3v) is 7.23. The number of hydrogen-bond donors (Lipinski definition) is 0. The molecule has 0 aromatic heterocycles. The lowest BCUT2D eigenvalue weighted by molar-refractivity contribution is -0.148. The lowest BCUT2D eigenvalue weighted by Gasteiger charge is -2.37. The molecule has 4 aliphatic carbocycles. The number of benzene rings is 2. The molecule has 2 saturated carbocycles. The summed E-state index contributed by atoms with van der Waals surface area (Å²) in [6, 6.07) is 17.1. The summed E-state index contributed by atoms with van der Waals surface area (Å²) >= 11 is 0. The molecule has 5 nitrogen and oxygen atoms in total. The number of rotatable bonds is 4. The van der Waals surface area contributed by atoms with Gasteiger partial charge in [0.25, 0.3) is 0 Å². The molecule has 0 radical (unpaired) electrons. The molecule has 2 bridgehead atoms. The number of nitrogens with zero attached hydrogens (tertiary/aromatic N) is 1. The number of allylic oxidation sites excluding steroid dienone is 2. The van der Waals surface area contributed by atoms with E-state index < -0.39 is 5.97 Å². The summed E-state index contributed by atoms with van der Waals surface area (Å²) in [6.45, 7) is -0.320. The first-order valence-electron chi connectivity index (χ1n) is 10.5. The highest BCUT2D eigenvalue weighted by atomic mass is 16.5. The lowest BCUT2D eigenvalue weighted by Crippen LogP contribution is -2.40. The van der Waals surface area contributed by atoms with Crippen molar-refractivity contribution in [2.45, 2.75) is 6.42 Å². The molecule has 2 aromatic rings. The number of amides is 2. The van der Waals surface area contributed by atoms with E-state index in [2.05, 4.69) is 12.2 Å². The molecule has 2 amide bonds. The summed E-state index contributed by atoms with van der Waals surface area (Å²) in [6.07, 6.45) is 5.37. The third-order valence-electron chi connectivity index (χ3n) is 7.23. The van der Waals surface area contributed by atoms with Crippen molar-refractivity contribution in [2.24, 2.45) is 35.5 Å². The van der Waals surface area contributed by atoms with E-state index in [0.29, 0.717) is 17.6 Å². The largest absolute Gasteiger partial charge is 0.425 e. The fourth-order valence-corrected chi connectivity index (χ4v) is 5.81. The van der Waals surface area contributed by atoms with E-state index in [1.807, 2.05) is 42.5 Å². The SMILES string of the molecule is O=C(CN1C(=O)[C@@H]2[C@H]3C=C[C@H]([C@H]4C[C@H]34)[C@@H]2C1=O)Oc1ccc(-c2ccccc2)cc1. The minimum atomic E-state index is -0.590. The molecule has 6 atom stereocenters. The van der Waals surface area contributed by atoms with Gasteiger partial charge in [0.15, 0.2) is 0 Å². The van der Waals surface area contributed by atoms with Gasteiger partial charge in [-0.15, -0.1) is 0 Å². The number of carbonyl (C=O) groups excluding carboxylic acids is 3. The molecule has 0 unspecified atom stereocenters. The molecule has 1 saturated heterocycles. The second-order valence-electron chi connectivity index (χ2n) is 8.78. The van der Waals surface area contributed by atoms with E-state index in [9.17, 15) is 14.4 Å². The number of hydrogen-bond acceptors (Lipinski definition) is 4. The Hall–Kier alpha value is -3.21. The molecular formula is C25H21NO4. The fraction of sp³-hybridized carbons (Fsp3) is 0.320. The van der Waals surface area contributed by atoms with Crippen LogP contribution in [-0.4, -0.2) is 29.2 Å². The first kappa shape index (κ1) is 17.6. The van der Waals surface area contributed by atoms with E-state index in [-0.39, 0.29) is 42.0 Å². The number of carbonyl (C=O) groups is 3. The van der Waals surface area contributed by atoms with E-state index in [4.69, 9.17) is 4.74 Å². The first-order valence-corrected chi connectivity index (χ1v) is 10.5. The number of esters is 1. The summed E-state index contributed by atoms with van der Waals surface area (Å²) < 4.78 is 5.42. The standard InChI is InChI=1S/C25H21NO4/c27-21(30-16-8-6-15(7-9-16)14-4-2-1-3-5-14)13-26-24(28)22-17-10-11-18(20-12-19(17)20)23(22)25(26)29/h1-11,17-20,22-23H,12-13H2/t17-,18+,19-,20-,22+,23-/m1/s1. The normalized spacial score (nSPS) is 32.7. The van der Waals surface area contributed by atoms with E-state index >= 15 is 0 Å². The lowest BCUT2D eigenvalue weighted by atomic mass is 9.63. The van der Waals surface area contributed by atoms with Crippen molar-refractivity contribution in [3.05, 3.63) is 66.7 Å². The first-order chi connectivity index (χ1) is 14.6. The van der Waals surface area contributed by atoms with E-state index in [1.54, 1.807) is 12.1 Å². The topological polar surface area (TPSA) is 63.7 Å². The van der Waals surface area contributed by atoms with E-state index in [0.717, 1.165) is 22.4 Å². The molecule has 7 rings (SSSR count). The van der Waals surface area contributed by atoms with Gasteiger partial charge in [0.1, 0.15) is 12.3 Å². The van der Waals surface area contributed by atoms with Crippen LogP contribution < -0.4 is 4.74 Å². The van der Waals surface area contributed by atoms with Gasteiger partial charge in [-0.2, -0.15) is 0 Å². The Labute approximate surface area is 174 Å². The van der Waals surface area contributed by atoms with Crippen LogP contribution in [0, 0.1) is 35.5 Å². The molecule has 1 heterocycles. The predicted octanol–water partition coefficient (Wildman–Crippen LogP) is 3.31. The Morgan fingerprint density at radius 2 is 1.40 bits per heavy atom. The van der Waals surface area contributed by atoms with Crippen LogP contribution in [0.5, 0.6) is 5.75 Å². The summed E-state index contributed by atoms with van der Waals surface area (Å²) in [4.78, 5) is 39.5. The van der Waals surface area contributed by atoms with Gasteiger partial charge in [-0.25, -0.2) is 4.79 Å². The van der Waals surface area contributed by atoms with Crippen molar-refractivity contribution in [2.75, 3.05) is 6.54 Å². The van der Waals surface area contributed by atoms with Gasteiger partial charge in [0, 0.05) is 0 Å². The zero-order chi connectivity index (χ0) is 20.4. The van der Waals surface area contributed by atoms with Gasteiger partial charge >= 0.3 is 5.97 Å². The minimum absolute atomic E-state index is 0.160. The molecule has 0 N–H and O–H groups in total. The van der Waals surface area contributed by atoms with Gasteiger partial charge in [-0.1, -0.05) is 54.6 Å². The summed E-state index contributed by atoms with van der Waals surface area (Å²) in [5, 5.41) is 0. The monoisotopic (exact) mass is 399 g/mol. The van der Waals surface area contributed by atoms with Crippen LogP contribution in [0.1, 0.15) is 6.42 Å². The Morgan fingerprint density at radius 1 is 0.833 bits per heavy atom. The molecule has 0 spiro atoms. The quantitative estimate of drug-likeness (QED) is 0.342. The second-order valence-corrected chi connectivity index (χ2v) is 8.78. The van der Waals surface area contributed by atoms with Crippen LogP contribution in [0.2, 0.25) is 0 Å². The Balaban J connectivity index is 1.14. The van der Waals surface area contributed by atoms with Crippen LogP contribution in [0.15, 0.2) is 66.7 Å². The molecule has 3 fully saturated rings. The third kappa shape index (κ3) is 2.58. The highest BCUT2D eigenvalue weighted by molar-refractivity contribution is 6.08. The maximum Gasteiger partial charge on any atom is 0.331 e. The number of imide groups is 1. The summed E-state index contributed by atoms with van der Waals surface area (Å²) in [5.74, 6) is 0.259. The summed E-state index contributed by atoms with van der Waals surface area (Å²) in [5.41, 5.74) is 2.10. The van der Waals surface area contributed by atoms with Crippen molar-refractivity contribution >= 4 is 17.8 Å². The van der Waals surface area contributed by atoms with Gasteiger partial charge in [0.05, 0.1) is 11.8 Å². The zero-order valence-corrected chi connectivity index (χ0v) is 16.3. The van der Waals surface area contributed by atoms with Crippen LogP contribution in [0.25, 0.3) is 11.1 Å². The number of ether oxygens (including phenoxy) is 1. The molecule has 1 aliphatic heterocycles. The number of likely N-dealkylation sites (tertiary alicyclic amines) is 1. The van der Waals surface area contributed by atoms with Gasteiger partial charge < -0.3 is 4.74 Å². The highest BCUT2D eigenvalue weighted by Crippen LogP contribution is 2.65. The van der Waals surface area contributed by atoms with Crippen molar-refractivity contribution in [1.82, 2.24) is 4.90 Å². The van der Waals surface area contributed by atoms with Crippen molar-refractivity contribution in [1.29, 1.82) is 0 Å². The maximum absolute atomic E-state index is 13.0. The van der Waals surface area contributed by atoms with Gasteiger partial charge in [-0.05, 0) is 53.4 Å². The summed E-state index contributed by atoms with van der Waals surface area (Å²) in [7, 11) is 0. The Morgan fingerprint density at radius 3 is 2.00 bits per heavy atom. The van der Waals surface area contributed by atoms with Crippen LogP contribution in [0.3, 0.4) is 0 Å². The maximum atomic E-state index is 13.0. The van der Waals surface area contributed by atoms with E-state index in [1.165, 1.54) is 0 Å². The smallest absolute Gasteiger partial charge is 0.331 e. The second kappa shape index (κ2) is 6.39. The predicted molar refractivity (Wildman–Crippen MR) is 109 cm³/mol. The minimum Gasteiger partial charge on any atom is -0.425 e. The molecular weight excluding hydrogens is 378 g/mol. The Bertz CT molecular complexity index is 1040. The van der Waals surface area contributed by atoms with Crippen molar-refractivity contribution in [3.63, 3.8) is 0 Å². The van der Waals surface area contributed by atoms with Gasteiger partial charge in [0.2, 0.25) is 11.8 Å². The molecule has 150 valence electrons. The van der Waals surface area contributed by atoms with Crippen molar-refractivity contribution < 1.29 is 19.1 Å². The molecule has 5 aliphatic rings. The zero-order valence-electron chi connectivity index (χ0n) is 16.3. The van der Waals surface area contributed by atoms with Crippen LogP contribution in [0.4, 0.5) is 0 Å². The van der Waals surface area contributed by atoms with Crippen molar-refractivity contribution in [3.8, 4) is 16.9 Å². The highest BCUT2D eigenvalue weighted by Gasteiger charge is 2.67. The van der Waals surface area contributed by atoms with Gasteiger partial charge in [-0.3, -0.25) is 14.5 Å². The molecule has 5 heteroatoms. The van der Waals surface area contributed by atoms with Crippen LogP contribution in [-0.2, 0) is 14.4 Å². The Kier molecular flexibility index (Phi) is 3.76.